The first-order valence-electron chi connectivity index (χ1n) is 6.06. The van der Waals surface area contributed by atoms with Gasteiger partial charge in [-0.1, -0.05) is 32.8 Å². The van der Waals surface area contributed by atoms with Crippen LogP contribution in [0.3, 0.4) is 0 Å². The van der Waals surface area contributed by atoms with Crippen LogP contribution in [0.1, 0.15) is 53.4 Å². The van der Waals surface area contributed by atoms with Gasteiger partial charge in [0.2, 0.25) is 0 Å². The van der Waals surface area contributed by atoms with Gasteiger partial charge in [-0.3, -0.25) is 4.79 Å². The molecule has 1 rings (SSSR count). The highest BCUT2D eigenvalue weighted by Gasteiger charge is 2.42. The number of hydrogen-bond donors (Lipinski definition) is 0. The Morgan fingerprint density at radius 3 is 2.80 bits per heavy atom. The molecule has 86 valence electrons. The molecule has 0 aromatic heterocycles. The van der Waals surface area contributed by atoms with Gasteiger partial charge in [0.1, 0.15) is 5.78 Å². The van der Waals surface area contributed by atoms with Crippen LogP contribution in [-0.4, -0.2) is 5.78 Å². The average molecular weight is 208 g/mol. The van der Waals surface area contributed by atoms with Crippen molar-refractivity contribution in [3.05, 3.63) is 12.2 Å². The molecule has 1 aliphatic carbocycles. The van der Waals surface area contributed by atoms with E-state index in [1.165, 1.54) is 12.0 Å². The van der Waals surface area contributed by atoms with Gasteiger partial charge in [0, 0.05) is 11.3 Å². The van der Waals surface area contributed by atoms with Crippen LogP contribution in [0.4, 0.5) is 0 Å². The quantitative estimate of drug-likeness (QED) is 0.641. The molecular formula is C14H24O. The minimum absolute atomic E-state index is 0.101. The summed E-state index contributed by atoms with van der Waals surface area (Å²) in [6.07, 6.45) is 4.32. The Hall–Kier alpha value is -0.590. The Balaban J connectivity index is 2.79. The standard InChI is InChI=1S/C14H24O/c1-10(2)9-12(4)14(5)8-6-7-11(3)13(14)15/h11-12H,1,6-9H2,2-5H3. The zero-order valence-electron chi connectivity index (χ0n) is 10.6. The molecule has 1 nitrogen and oxygen atoms in total. The van der Waals surface area contributed by atoms with Crippen molar-refractivity contribution in [3.8, 4) is 0 Å². The van der Waals surface area contributed by atoms with E-state index in [9.17, 15) is 4.79 Å². The molecule has 0 bridgehead atoms. The van der Waals surface area contributed by atoms with Crippen molar-refractivity contribution in [2.45, 2.75) is 53.4 Å². The van der Waals surface area contributed by atoms with E-state index in [2.05, 4.69) is 34.3 Å². The molecule has 1 aliphatic rings. The van der Waals surface area contributed by atoms with Crippen LogP contribution < -0.4 is 0 Å². The summed E-state index contributed by atoms with van der Waals surface area (Å²) in [5, 5.41) is 0. The average Bonchev–Trinajstić information content (AvgIpc) is 2.13. The largest absolute Gasteiger partial charge is 0.299 e. The molecule has 3 unspecified atom stereocenters. The van der Waals surface area contributed by atoms with E-state index in [-0.39, 0.29) is 11.3 Å². The third-order valence-electron chi connectivity index (χ3n) is 4.09. The first-order valence-corrected chi connectivity index (χ1v) is 6.06. The number of carbonyl (C=O) groups is 1. The van der Waals surface area contributed by atoms with Crippen LogP contribution in [0.2, 0.25) is 0 Å². The van der Waals surface area contributed by atoms with E-state index < -0.39 is 0 Å². The fraction of sp³-hybridized carbons (Fsp3) is 0.786. The van der Waals surface area contributed by atoms with Gasteiger partial charge in [-0.05, 0) is 32.1 Å². The number of ketones is 1. The highest BCUT2D eigenvalue weighted by atomic mass is 16.1. The molecule has 0 aliphatic heterocycles. The Labute approximate surface area is 93.9 Å². The predicted molar refractivity (Wildman–Crippen MR) is 64.7 cm³/mol. The number of hydrogen-bond acceptors (Lipinski definition) is 1. The van der Waals surface area contributed by atoms with E-state index in [1.807, 2.05) is 0 Å². The monoisotopic (exact) mass is 208 g/mol. The number of Topliss-reactive ketones (excluding diaryl/α,β-unsaturated/α-hetero) is 1. The molecule has 0 N–H and O–H groups in total. The lowest BCUT2D eigenvalue weighted by Crippen LogP contribution is -2.41. The molecule has 0 heterocycles. The Bertz CT molecular complexity index is 267. The molecule has 0 saturated heterocycles. The zero-order chi connectivity index (χ0) is 11.6. The summed E-state index contributed by atoms with van der Waals surface area (Å²) < 4.78 is 0. The van der Waals surface area contributed by atoms with Crippen molar-refractivity contribution >= 4 is 5.78 Å². The SMILES string of the molecule is C=C(C)CC(C)C1(C)CCCC(C)C1=O. The second-order valence-electron chi connectivity index (χ2n) is 5.64. The summed E-state index contributed by atoms with van der Waals surface area (Å²) in [5.74, 6) is 1.17. The lowest BCUT2D eigenvalue weighted by molar-refractivity contribution is -0.137. The van der Waals surface area contributed by atoms with Gasteiger partial charge in [-0.25, -0.2) is 0 Å². The van der Waals surface area contributed by atoms with Crippen LogP contribution in [0.15, 0.2) is 12.2 Å². The molecule has 0 aromatic carbocycles. The third kappa shape index (κ3) is 2.50. The van der Waals surface area contributed by atoms with Crippen molar-refractivity contribution in [2.75, 3.05) is 0 Å². The van der Waals surface area contributed by atoms with Crippen molar-refractivity contribution in [1.82, 2.24) is 0 Å². The molecule has 0 amide bonds. The molecule has 0 radical (unpaired) electrons. The zero-order valence-corrected chi connectivity index (χ0v) is 10.6. The van der Waals surface area contributed by atoms with E-state index in [0.717, 1.165) is 19.3 Å². The topological polar surface area (TPSA) is 17.1 Å². The maximum atomic E-state index is 12.2. The van der Waals surface area contributed by atoms with E-state index >= 15 is 0 Å². The van der Waals surface area contributed by atoms with Gasteiger partial charge >= 0.3 is 0 Å². The van der Waals surface area contributed by atoms with Crippen molar-refractivity contribution in [1.29, 1.82) is 0 Å². The summed E-state index contributed by atoms with van der Waals surface area (Å²) in [6.45, 7) is 12.4. The van der Waals surface area contributed by atoms with Gasteiger partial charge in [-0.2, -0.15) is 0 Å². The third-order valence-corrected chi connectivity index (χ3v) is 4.09. The van der Waals surface area contributed by atoms with Crippen LogP contribution >= 0.6 is 0 Å². The molecule has 1 saturated carbocycles. The smallest absolute Gasteiger partial charge is 0.141 e. The second kappa shape index (κ2) is 4.51. The van der Waals surface area contributed by atoms with Gasteiger partial charge in [0.05, 0.1) is 0 Å². The Kier molecular flexibility index (Phi) is 3.75. The van der Waals surface area contributed by atoms with Gasteiger partial charge in [0.15, 0.2) is 0 Å². The van der Waals surface area contributed by atoms with Crippen molar-refractivity contribution in [3.63, 3.8) is 0 Å². The highest BCUT2D eigenvalue weighted by molar-refractivity contribution is 5.87. The maximum absolute atomic E-state index is 12.2. The summed E-state index contributed by atoms with van der Waals surface area (Å²) in [6, 6.07) is 0. The lowest BCUT2D eigenvalue weighted by atomic mass is 9.63. The Morgan fingerprint density at radius 2 is 2.27 bits per heavy atom. The molecular weight excluding hydrogens is 184 g/mol. The first kappa shape index (κ1) is 12.5. The summed E-state index contributed by atoms with van der Waals surface area (Å²) >= 11 is 0. The lowest BCUT2D eigenvalue weighted by Gasteiger charge is -2.40. The molecule has 1 heteroatoms. The van der Waals surface area contributed by atoms with E-state index in [1.54, 1.807) is 0 Å². The highest BCUT2D eigenvalue weighted by Crippen LogP contribution is 2.43. The maximum Gasteiger partial charge on any atom is 0.141 e. The summed E-state index contributed by atoms with van der Waals surface area (Å²) in [5.41, 5.74) is 1.09. The van der Waals surface area contributed by atoms with Gasteiger partial charge < -0.3 is 0 Å². The first-order chi connectivity index (χ1) is 6.88. The number of carbonyl (C=O) groups excluding carboxylic acids is 1. The summed E-state index contributed by atoms with van der Waals surface area (Å²) in [4.78, 5) is 12.2. The Morgan fingerprint density at radius 1 is 1.67 bits per heavy atom. The fourth-order valence-electron chi connectivity index (χ4n) is 2.83. The van der Waals surface area contributed by atoms with E-state index in [4.69, 9.17) is 0 Å². The molecule has 0 aromatic rings. The van der Waals surface area contributed by atoms with Crippen LogP contribution in [0.25, 0.3) is 0 Å². The molecule has 0 spiro atoms. The van der Waals surface area contributed by atoms with E-state index in [0.29, 0.717) is 11.7 Å². The number of rotatable bonds is 3. The molecule has 3 atom stereocenters. The minimum Gasteiger partial charge on any atom is -0.299 e. The number of allylic oxidation sites excluding steroid dienone is 1. The minimum atomic E-state index is -0.101. The fourth-order valence-corrected chi connectivity index (χ4v) is 2.83. The van der Waals surface area contributed by atoms with Gasteiger partial charge in [-0.15, -0.1) is 6.58 Å². The van der Waals surface area contributed by atoms with Crippen LogP contribution in [-0.2, 0) is 4.79 Å². The summed E-state index contributed by atoms with van der Waals surface area (Å²) in [7, 11) is 0. The van der Waals surface area contributed by atoms with Gasteiger partial charge in [0.25, 0.3) is 0 Å². The molecule has 1 fully saturated rings. The predicted octanol–water partition coefficient (Wildman–Crippen LogP) is 3.98. The van der Waals surface area contributed by atoms with Crippen LogP contribution in [0, 0.1) is 17.3 Å². The van der Waals surface area contributed by atoms with Crippen molar-refractivity contribution < 1.29 is 4.79 Å². The normalized spacial score (nSPS) is 33.9. The second-order valence-corrected chi connectivity index (χ2v) is 5.64. The van der Waals surface area contributed by atoms with Crippen molar-refractivity contribution in [2.24, 2.45) is 17.3 Å². The molecule has 15 heavy (non-hydrogen) atoms. The van der Waals surface area contributed by atoms with Crippen LogP contribution in [0.5, 0.6) is 0 Å².